The van der Waals surface area contributed by atoms with Crippen molar-refractivity contribution < 1.29 is 9.90 Å². The number of hydrogen-bond donors (Lipinski definition) is 0. The third-order valence-corrected chi connectivity index (χ3v) is 0.289. The Kier molecular flexibility index (Phi) is 1.57. The summed E-state index contributed by atoms with van der Waals surface area (Å²) in [7, 11) is 0. The largest absolute Gasteiger partial charge is 0.355 e. The molecule has 0 unspecified atom stereocenters. The first-order valence-corrected chi connectivity index (χ1v) is 1.47. The predicted molar refractivity (Wildman–Crippen MR) is 16.0 cm³/mol. The van der Waals surface area contributed by atoms with Crippen molar-refractivity contribution in [1.29, 1.82) is 0 Å². The van der Waals surface area contributed by atoms with Crippen LogP contribution in [0.15, 0.2) is 0 Å². The van der Waals surface area contributed by atoms with Gasteiger partial charge >= 0.3 is 5.97 Å². The maximum Gasteiger partial charge on any atom is 0.355 e. The molecule has 0 amide bonds. The van der Waals surface area contributed by atoms with Gasteiger partial charge in [-0.05, 0) is 0 Å². The maximum atomic E-state index is 9.26. The van der Waals surface area contributed by atoms with Crippen molar-refractivity contribution >= 4 is 5.97 Å². The molecule has 0 aliphatic carbocycles. The molecule has 0 bridgehead atoms. The Morgan fingerprint density at radius 2 is 2.00 bits per heavy atom. The van der Waals surface area contributed by atoms with E-state index in [1.807, 2.05) is 0 Å². The molecule has 0 N–H and O–H groups in total. The highest BCUT2D eigenvalue weighted by Gasteiger charge is 1.85. The Hall–Kier alpha value is -0.530. The zero-order chi connectivity index (χ0) is 4.28. The lowest BCUT2D eigenvalue weighted by Gasteiger charge is -1.65. The first kappa shape index (κ1) is 4.47. The minimum absolute atomic E-state index is 0.111. The fourth-order valence-electron chi connectivity index (χ4n) is 0. The van der Waals surface area contributed by atoms with Gasteiger partial charge in [-0.3, -0.25) is 0 Å². The van der Waals surface area contributed by atoms with E-state index in [1.165, 1.54) is 6.92 Å². The summed E-state index contributed by atoms with van der Waals surface area (Å²) in [4.78, 5) is 9.26. The topological polar surface area (TPSA) is 37.0 Å². The molecule has 0 aromatic heterocycles. The fourth-order valence-corrected chi connectivity index (χ4v) is 0. The molecule has 0 fully saturated rings. The normalized spacial score (nSPS) is 7.40. The zero-order valence-corrected chi connectivity index (χ0v) is 3.02. The van der Waals surface area contributed by atoms with Gasteiger partial charge in [0.1, 0.15) is 0 Å². The Labute approximate surface area is 30.4 Å². The van der Waals surface area contributed by atoms with Gasteiger partial charge in [0.05, 0.1) is 0 Å². The van der Waals surface area contributed by atoms with Crippen LogP contribution in [0.1, 0.15) is 13.3 Å². The van der Waals surface area contributed by atoms with Gasteiger partial charge in [0, 0.05) is 6.42 Å². The summed E-state index contributed by atoms with van der Waals surface area (Å²) in [5.74, 6) is -0.995. The van der Waals surface area contributed by atoms with E-state index in [1.54, 1.807) is 0 Å². The highest BCUT2D eigenvalue weighted by Crippen LogP contribution is 1.68. The van der Waals surface area contributed by atoms with Crippen molar-refractivity contribution in [3.05, 3.63) is 0 Å². The molecule has 29 valence electrons. The first-order valence-electron chi connectivity index (χ1n) is 1.47. The third kappa shape index (κ3) is 3.47. The lowest BCUT2D eigenvalue weighted by Crippen LogP contribution is -1.83. The molecule has 0 atom stereocenters. The van der Waals surface area contributed by atoms with Crippen LogP contribution in [0, 0.1) is 0 Å². The summed E-state index contributed by atoms with van der Waals surface area (Å²) in [5, 5.41) is 9.26. The lowest BCUT2D eigenvalue weighted by molar-refractivity contribution is -0.142. The van der Waals surface area contributed by atoms with E-state index in [0.717, 1.165) is 0 Å². The highest BCUT2D eigenvalue weighted by molar-refractivity contribution is 5.65. The molecule has 2 nitrogen and oxygen atoms in total. The molecule has 0 rings (SSSR count). The SMILES string of the molecule is CCC([O])=O. The van der Waals surface area contributed by atoms with Crippen molar-refractivity contribution in [2.75, 3.05) is 0 Å². The molecule has 0 heterocycles. The van der Waals surface area contributed by atoms with E-state index in [-0.39, 0.29) is 6.42 Å². The van der Waals surface area contributed by atoms with Crippen molar-refractivity contribution in [2.24, 2.45) is 0 Å². The lowest BCUT2D eigenvalue weighted by atomic mass is 10.5. The first-order chi connectivity index (χ1) is 2.27. The average molecular weight is 73.1 g/mol. The molecule has 0 aromatic carbocycles. The van der Waals surface area contributed by atoms with Gasteiger partial charge in [0.25, 0.3) is 0 Å². The van der Waals surface area contributed by atoms with Crippen LogP contribution < -0.4 is 0 Å². The van der Waals surface area contributed by atoms with Crippen LogP contribution in [-0.2, 0) is 9.90 Å². The maximum absolute atomic E-state index is 9.26. The minimum atomic E-state index is -0.995. The average Bonchev–Trinajstić information content (AvgIpc) is 1.38. The quantitative estimate of drug-likeness (QED) is 0.441. The minimum Gasteiger partial charge on any atom is -0.247 e. The van der Waals surface area contributed by atoms with Crippen LogP contribution in [0.3, 0.4) is 0 Å². The Balaban J connectivity index is 2.85. The molecule has 0 aliphatic heterocycles. The van der Waals surface area contributed by atoms with Crippen LogP contribution in [-0.4, -0.2) is 5.97 Å². The number of rotatable bonds is 1. The molecule has 2 heteroatoms. The van der Waals surface area contributed by atoms with Gasteiger partial charge in [-0.15, -0.1) is 0 Å². The molecule has 0 saturated heterocycles. The second-order valence-electron chi connectivity index (χ2n) is 0.726. The second-order valence-corrected chi connectivity index (χ2v) is 0.726. The van der Waals surface area contributed by atoms with Crippen molar-refractivity contribution in [2.45, 2.75) is 13.3 Å². The molecule has 1 radical (unpaired) electrons. The third-order valence-electron chi connectivity index (χ3n) is 0.289. The Morgan fingerprint density at radius 3 is 2.00 bits per heavy atom. The zero-order valence-electron chi connectivity index (χ0n) is 3.02. The van der Waals surface area contributed by atoms with E-state index in [0.29, 0.717) is 0 Å². The molecular weight excluding hydrogens is 68.0 g/mol. The van der Waals surface area contributed by atoms with Crippen molar-refractivity contribution in [3.8, 4) is 0 Å². The monoisotopic (exact) mass is 73.0 g/mol. The number of hydrogen-bond acceptors (Lipinski definition) is 1. The van der Waals surface area contributed by atoms with Crippen LogP contribution in [0.2, 0.25) is 0 Å². The fraction of sp³-hybridized carbons (Fsp3) is 0.667. The summed E-state index contributed by atoms with van der Waals surface area (Å²) in [6.07, 6.45) is 0.111. The molecule has 0 spiro atoms. The smallest absolute Gasteiger partial charge is 0.247 e. The highest BCUT2D eigenvalue weighted by atomic mass is 16.4. The summed E-state index contributed by atoms with van der Waals surface area (Å²) in [6.45, 7) is 1.54. The second kappa shape index (κ2) is 1.76. The van der Waals surface area contributed by atoms with Crippen LogP contribution >= 0.6 is 0 Å². The van der Waals surface area contributed by atoms with Gasteiger partial charge in [0.2, 0.25) is 0 Å². The van der Waals surface area contributed by atoms with Gasteiger partial charge in [-0.1, -0.05) is 6.92 Å². The van der Waals surface area contributed by atoms with Gasteiger partial charge in [-0.25, -0.2) is 9.90 Å². The van der Waals surface area contributed by atoms with E-state index < -0.39 is 5.97 Å². The summed E-state index contributed by atoms with van der Waals surface area (Å²) in [5.41, 5.74) is 0. The number of carbonyl (C=O) groups excluding carboxylic acids is 1. The van der Waals surface area contributed by atoms with E-state index in [9.17, 15) is 9.90 Å². The summed E-state index contributed by atoms with van der Waals surface area (Å²) < 4.78 is 0. The van der Waals surface area contributed by atoms with Gasteiger partial charge < -0.3 is 0 Å². The predicted octanol–water partition coefficient (Wildman–Crippen LogP) is 0.353. The van der Waals surface area contributed by atoms with Crippen LogP contribution in [0.25, 0.3) is 0 Å². The molecule has 5 heavy (non-hydrogen) atoms. The molecule has 0 aromatic rings. The van der Waals surface area contributed by atoms with E-state index in [2.05, 4.69) is 0 Å². The van der Waals surface area contributed by atoms with Crippen LogP contribution in [0.4, 0.5) is 0 Å². The number of carbonyl (C=O) groups is 1. The summed E-state index contributed by atoms with van der Waals surface area (Å²) in [6, 6.07) is 0. The van der Waals surface area contributed by atoms with Crippen LogP contribution in [0.5, 0.6) is 0 Å². The van der Waals surface area contributed by atoms with E-state index in [4.69, 9.17) is 0 Å². The van der Waals surface area contributed by atoms with E-state index >= 15 is 0 Å². The molecule has 0 aliphatic rings. The Morgan fingerprint density at radius 1 is 1.80 bits per heavy atom. The van der Waals surface area contributed by atoms with Gasteiger partial charge in [0.15, 0.2) is 0 Å². The summed E-state index contributed by atoms with van der Waals surface area (Å²) >= 11 is 0. The van der Waals surface area contributed by atoms with Crippen molar-refractivity contribution in [1.82, 2.24) is 0 Å². The van der Waals surface area contributed by atoms with Crippen molar-refractivity contribution in [3.63, 3.8) is 0 Å². The standard InChI is InChI=1S/C3H5O2/c1-2-3(4)5/h2H2,1H3. The molecule has 0 saturated carbocycles. The Bertz CT molecular complexity index is 40.2. The molecular formula is C3H5O2. The van der Waals surface area contributed by atoms with Gasteiger partial charge in [-0.2, -0.15) is 0 Å².